The number of nitro benzene ring substituents is 1. The first-order valence-corrected chi connectivity index (χ1v) is 9.77. The molecule has 1 fully saturated rings. The van der Waals surface area contributed by atoms with Crippen molar-refractivity contribution in [3.8, 4) is 0 Å². The van der Waals surface area contributed by atoms with Gasteiger partial charge in [-0.2, -0.15) is 0 Å². The van der Waals surface area contributed by atoms with Crippen molar-refractivity contribution >= 4 is 34.1 Å². The topological polar surface area (TPSA) is 88.5 Å². The average Bonchev–Trinajstić information content (AvgIpc) is 3.16. The predicted molar refractivity (Wildman–Crippen MR) is 110 cm³/mol. The van der Waals surface area contributed by atoms with Gasteiger partial charge in [-0.05, 0) is 29.3 Å². The Kier molecular flexibility index (Phi) is 5.51. The standard InChI is InChI=1S/C21H20ClN3O4/c22-15-3-1-14(2-4-15)17(12-21(26)24-7-9-29-10-8-24)19-13-23-20-6-5-16(25(27)28)11-18(19)20/h1-6,11,13,17,23H,7-10,12H2/t17-/m0/s1. The van der Waals surface area contributed by atoms with Crippen LogP contribution in [0.2, 0.25) is 5.02 Å². The second-order valence-electron chi connectivity index (χ2n) is 7.03. The quantitative estimate of drug-likeness (QED) is 0.503. The molecular formula is C21H20ClN3O4. The number of amides is 1. The van der Waals surface area contributed by atoms with E-state index in [0.717, 1.165) is 22.0 Å². The van der Waals surface area contributed by atoms with E-state index in [1.807, 2.05) is 23.2 Å². The normalized spacial score (nSPS) is 15.4. The lowest BCUT2D eigenvalue weighted by Gasteiger charge is -2.28. The second kappa shape index (κ2) is 8.23. The van der Waals surface area contributed by atoms with Gasteiger partial charge in [0.1, 0.15) is 0 Å². The number of aromatic amines is 1. The Balaban J connectivity index is 1.74. The molecule has 0 unspecified atom stereocenters. The largest absolute Gasteiger partial charge is 0.378 e. The van der Waals surface area contributed by atoms with Gasteiger partial charge in [0.2, 0.25) is 5.91 Å². The van der Waals surface area contributed by atoms with Crippen LogP contribution in [0.1, 0.15) is 23.5 Å². The summed E-state index contributed by atoms with van der Waals surface area (Å²) in [7, 11) is 0. The van der Waals surface area contributed by atoms with Crippen LogP contribution in [-0.4, -0.2) is 47.0 Å². The van der Waals surface area contributed by atoms with Crippen LogP contribution in [0.15, 0.2) is 48.7 Å². The third-order valence-electron chi connectivity index (χ3n) is 5.30. The molecule has 1 atom stereocenters. The summed E-state index contributed by atoms with van der Waals surface area (Å²) in [5.41, 5.74) is 2.60. The molecule has 0 aliphatic carbocycles. The summed E-state index contributed by atoms with van der Waals surface area (Å²) in [6.07, 6.45) is 2.09. The molecule has 1 amide bonds. The van der Waals surface area contributed by atoms with Crippen LogP contribution in [0.5, 0.6) is 0 Å². The molecule has 8 heteroatoms. The van der Waals surface area contributed by atoms with E-state index in [9.17, 15) is 14.9 Å². The number of nitro groups is 1. The molecule has 1 aliphatic rings. The van der Waals surface area contributed by atoms with Gasteiger partial charge in [-0.3, -0.25) is 14.9 Å². The van der Waals surface area contributed by atoms with Crippen molar-refractivity contribution in [1.82, 2.24) is 9.88 Å². The van der Waals surface area contributed by atoms with Gasteiger partial charge in [0.15, 0.2) is 0 Å². The predicted octanol–water partition coefficient (Wildman–Crippen LogP) is 4.11. The molecule has 2 aromatic carbocycles. The van der Waals surface area contributed by atoms with Crippen LogP contribution in [-0.2, 0) is 9.53 Å². The fourth-order valence-corrected chi connectivity index (χ4v) is 3.88. The van der Waals surface area contributed by atoms with Gasteiger partial charge >= 0.3 is 0 Å². The number of fused-ring (bicyclic) bond motifs is 1. The lowest BCUT2D eigenvalue weighted by atomic mass is 9.87. The highest BCUT2D eigenvalue weighted by atomic mass is 35.5. The van der Waals surface area contributed by atoms with Crippen LogP contribution in [0.3, 0.4) is 0 Å². The summed E-state index contributed by atoms with van der Waals surface area (Å²) < 4.78 is 5.34. The van der Waals surface area contributed by atoms with Gasteiger partial charge in [0.05, 0.1) is 18.1 Å². The molecule has 3 aromatic rings. The van der Waals surface area contributed by atoms with Gasteiger partial charge in [-0.15, -0.1) is 0 Å². The van der Waals surface area contributed by atoms with Crippen LogP contribution in [0, 0.1) is 10.1 Å². The number of rotatable bonds is 5. The number of hydrogen-bond donors (Lipinski definition) is 1. The van der Waals surface area contributed by atoms with E-state index in [0.29, 0.717) is 31.3 Å². The summed E-state index contributed by atoms with van der Waals surface area (Å²) in [5, 5.41) is 12.6. The summed E-state index contributed by atoms with van der Waals surface area (Å²) in [4.78, 5) is 28.8. The van der Waals surface area contributed by atoms with Crippen LogP contribution in [0.25, 0.3) is 10.9 Å². The summed E-state index contributed by atoms with van der Waals surface area (Å²) >= 11 is 6.05. The number of aromatic nitrogens is 1. The van der Waals surface area contributed by atoms with Gasteiger partial charge < -0.3 is 14.6 Å². The fourth-order valence-electron chi connectivity index (χ4n) is 3.75. The molecule has 0 radical (unpaired) electrons. The molecule has 0 spiro atoms. The monoisotopic (exact) mass is 413 g/mol. The van der Waals surface area contributed by atoms with Crippen molar-refractivity contribution in [2.24, 2.45) is 0 Å². The Hall–Kier alpha value is -2.90. The zero-order valence-electron chi connectivity index (χ0n) is 15.6. The number of hydrogen-bond acceptors (Lipinski definition) is 4. The SMILES string of the molecule is O=C(C[C@@H](c1ccc(Cl)cc1)c1c[nH]c2ccc([N+](=O)[O-])cc12)N1CCOCC1. The second-order valence-corrected chi connectivity index (χ2v) is 7.47. The number of morpholine rings is 1. The van der Waals surface area contributed by atoms with E-state index in [1.165, 1.54) is 6.07 Å². The van der Waals surface area contributed by atoms with Crippen molar-refractivity contribution in [2.45, 2.75) is 12.3 Å². The molecular weight excluding hydrogens is 394 g/mol. The number of benzene rings is 2. The maximum absolute atomic E-state index is 13.0. The maximum atomic E-state index is 13.0. The number of carbonyl (C=O) groups excluding carboxylic acids is 1. The first-order valence-electron chi connectivity index (χ1n) is 9.39. The third-order valence-corrected chi connectivity index (χ3v) is 5.55. The van der Waals surface area contributed by atoms with E-state index in [-0.39, 0.29) is 23.9 Å². The Morgan fingerprint density at radius 3 is 2.62 bits per heavy atom. The van der Waals surface area contributed by atoms with Crippen molar-refractivity contribution < 1.29 is 14.5 Å². The number of nitrogens with zero attached hydrogens (tertiary/aromatic N) is 2. The first kappa shape index (κ1) is 19.4. The summed E-state index contributed by atoms with van der Waals surface area (Å²) in [5.74, 6) is -0.216. The number of halogens is 1. The maximum Gasteiger partial charge on any atom is 0.270 e. The van der Waals surface area contributed by atoms with E-state index in [4.69, 9.17) is 16.3 Å². The van der Waals surface area contributed by atoms with Gasteiger partial charge in [0.25, 0.3) is 5.69 Å². The number of ether oxygens (including phenoxy) is 1. The highest BCUT2D eigenvalue weighted by Gasteiger charge is 2.26. The number of carbonyl (C=O) groups is 1. The molecule has 29 heavy (non-hydrogen) atoms. The minimum Gasteiger partial charge on any atom is -0.378 e. The van der Waals surface area contributed by atoms with Crippen LogP contribution >= 0.6 is 11.6 Å². The number of nitrogens with one attached hydrogen (secondary N) is 1. The minimum atomic E-state index is -0.410. The Morgan fingerprint density at radius 1 is 1.21 bits per heavy atom. The molecule has 1 aliphatic heterocycles. The fraction of sp³-hybridized carbons (Fsp3) is 0.286. The van der Waals surface area contributed by atoms with E-state index < -0.39 is 4.92 Å². The molecule has 1 saturated heterocycles. The van der Waals surface area contributed by atoms with Gasteiger partial charge in [0, 0.05) is 59.7 Å². The Morgan fingerprint density at radius 2 is 1.93 bits per heavy atom. The lowest BCUT2D eigenvalue weighted by molar-refractivity contribution is -0.384. The lowest BCUT2D eigenvalue weighted by Crippen LogP contribution is -2.41. The summed E-state index contributed by atoms with van der Waals surface area (Å²) in [6.45, 7) is 2.23. The Bertz CT molecular complexity index is 1040. The van der Waals surface area contributed by atoms with Crippen molar-refractivity contribution in [3.05, 3.63) is 74.9 Å². The molecule has 7 nitrogen and oxygen atoms in total. The minimum absolute atomic E-state index is 0.0210. The molecule has 2 heterocycles. The van der Waals surface area contributed by atoms with Gasteiger partial charge in [-0.1, -0.05) is 23.7 Å². The van der Waals surface area contributed by atoms with Crippen molar-refractivity contribution in [2.75, 3.05) is 26.3 Å². The number of H-pyrrole nitrogens is 1. The molecule has 4 rings (SSSR count). The zero-order valence-corrected chi connectivity index (χ0v) is 16.4. The molecule has 0 saturated carbocycles. The smallest absolute Gasteiger partial charge is 0.270 e. The number of non-ortho nitro benzene ring substituents is 1. The van der Waals surface area contributed by atoms with Gasteiger partial charge in [-0.25, -0.2) is 0 Å². The van der Waals surface area contributed by atoms with E-state index >= 15 is 0 Å². The molecule has 1 N–H and O–H groups in total. The Labute approximate surface area is 172 Å². The molecule has 1 aromatic heterocycles. The van der Waals surface area contributed by atoms with Crippen molar-refractivity contribution in [1.29, 1.82) is 0 Å². The molecule has 150 valence electrons. The van der Waals surface area contributed by atoms with Crippen LogP contribution in [0.4, 0.5) is 5.69 Å². The highest BCUT2D eigenvalue weighted by Crippen LogP contribution is 2.35. The van der Waals surface area contributed by atoms with E-state index in [2.05, 4.69) is 4.98 Å². The molecule has 0 bridgehead atoms. The zero-order chi connectivity index (χ0) is 20.4. The first-order chi connectivity index (χ1) is 14.0. The highest BCUT2D eigenvalue weighted by molar-refractivity contribution is 6.30. The third kappa shape index (κ3) is 4.11. The van der Waals surface area contributed by atoms with Crippen LogP contribution < -0.4 is 0 Å². The summed E-state index contributed by atoms with van der Waals surface area (Å²) in [6, 6.07) is 12.1. The van der Waals surface area contributed by atoms with Crippen molar-refractivity contribution in [3.63, 3.8) is 0 Å². The average molecular weight is 414 g/mol. The van der Waals surface area contributed by atoms with E-state index in [1.54, 1.807) is 24.3 Å².